The van der Waals surface area contributed by atoms with Gasteiger partial charge in [-0.05, 0) is 37.8 Å². The molecular weight excluding hydrogens is 416 g/mol. The SMILES string of the molecule is CCCCCCCCCCCc1cnc(-c2ccc([C@]3(C(=O)O)COC(C)(C)O3)cc2)nc1. The number of nitrogens with zero attached hydrogens (tertiary/aromatic N) is 2. The Hall–Kier alpha value is -2.31. The van der Waals surface area contributed by atoms with Crippen molar-refractivity contribution in [2.45, 2.75) is 96.4 Å². The summed E-state index contributed by atoms with van der Waals surface area (Å²) in [4.78, 5) is 21.0. The van der Waals surface area contributed by atoms with Gasteiger partial charge in [0, 0.05) is 18.0 Å². The third-order valence-electron chi connectivity index (χ3n) is 6.27. The van der Waals surface area contributed by atoms with Crippen LogP contribution in [-0.4, -0.2) is 33.4 Å². The van der Waals surface area contributed by atoms with Crippen LogP contribution in [0.5, 0.6) is 0 Å². The quantitative estimate of drug-likeness (QED) is 0.359. The van der Waals surface area contributed by atoms with Gasteiger partial charge in [-0.1, -0.05) is 82.6 Å². The number of rotatable bonds is 13. The molecule has 0 amide bonds. The second-order valence-corrected chi connectivity index (χ2v) is 9.49. The minimum absolute atomic E-state index is 0.0290. The van der Waals surface area contributed by atoms with E-state index in [1.807, 2.05) is 24.5 Å². The zero-order valence-corrected chi connectivity index (χ0v) is 20.3. The second-order valence-electron chi connectivity index (χ2n) is 9.49. The second kappa shape index (κ2) is 11.7. The van der Waals surface area contributed by atoms with E-state index in [0.29, 0.717) is 11.4 Å². The summed E-state index contributed by atoms with van der Waals surface area (Å²) in [5.74, 6) is -1.37. The molecule has 1 aliphatic heterocycles. The number of carboxylic acid groups (broad SMARTS) is 1. The first kappa shape index (κ1) is 25.3. The predicted molar refractivity (Wildman–Crippen MR) is 129 cm³/mol. The summed E-state index contributed by atoms with van der Waals surface area (Å²) in [5.41, 5.74) is 1.04. The maximum absolute atomic E-state index is 12.0. The molecule has 1 aromatic carbocycles. The van der Waals surface area contributed by atoms with Crippen molar-refractivity contribution in [3.8, 4) is 11.4 Å². The van der Waals surface area contributed by atoms with Crippen LogP contribution >= 0.6 is 0 Å². The third kappa shape index (κ3) is 6.84. The van der Waals surface area contributed by atoms with E-state index in [1.54, 1.807) is 26.0 Å². The van der Waals surface area contributed by atoms with Crippen LogP contribution in [0.3, 0.4) is 0 Å². The summed E-state index contributed by atoms with van der Waals surface area (Å²) >= 11 is 0. The number of hydrogen-bond acceptors (Lipinski definition) is 5. The van der Waals surface area contributed by atoms with Crippen molar-refractivity contribution in [2.75, 3.05) is 6.61 Å². The molecule has 1 N–H and O–H groups in total. The Bertz CT molecular complexity index is 880. The standard InChI is InChI=1S/C27H38N2O4/c1-4-5-6-7-8-9-10-11-12-13-21-18-28-24(29-19-21)22-14-16-23(17-15-22)27(25(30)31)20-32-26(2,3)33-27/h14-19H,4-13,20H2,1-3H3,(H,30,31)/t27-/m0/s1. The number of benzene rings is 1. The average Bonchev–Trinajstić information content (AvgIpc) is 3.15. The Labute approximate surface area is 197 Å². The number of carbonyl (C=O) groups is 1. The summed E-state index contributed by atoms with van der Waals surface area (Å²) in [5, 5.41) is 9.80. The third-order valence-corrected chi connectivity index (χ3v) is 6.27. The first-order chi connectivity index (χ1) is 15.9. The fourth-order valence-electron chi connectivity index (χ4n) is 4.29. The van der Waals surface area contributed by atoms with E-state index in [1.165, 1.54) is 57.8 Å². The lowest BCUT2D eigenvalue weighted by Gasteiger charge is -2.25. The Balaban J connectivity index is 1.49. The van der Waals surface area contributed by atoms with Crippen molar-refractivity contribution in [3.05, 3.63) is 47.8 Å². The zero-order chi connectivity index (χ0) is 23.7. The fraction of sp³-hybridized carbons (Fsp3) is 0.593. The van der Waals surface area contributed by atoms with Gasteiger partial charge in [0.05, 0.1) is 6.61 Å². The molecule has 1 fully saturated rings. The number of unbranched alkanes of at least 4 members (excludes halogenated alkanes) is 8. The minimum atomic E-state index is -1.50. The predicted octanol–water partition coefficient (Wildman–Crippen LogP) is 6.28. The monoisotopic (exact) mass is 454 g/mol. The van der Waals surface area contributed by atoms with E-state index >= 15 is 0 Å². The van der Waals surface area contributed by atoms with Crippen LogP contribution in [0, 0.1) is 0 Å². The first-order valence-electron chi connectivity index (χ1n) is 12.4. The molecule has 33 heavy (non-hydrogen) atoms. The fourth-order valence-corrected chi connectivity index (χ4v) is 4.29. The van der Waals surface area contributed by atoms with Gasteiger partial charge < -0.3 is 14.6 Å². The van der Waals surface area contributed by atoms with Gasteiger partial charge >= 0.3 is 5.97 Å². The molecule has 6 heteroatoms. The molecule has 0 spiro atoms. The van der Waals surface area contributed by atoms with Gasteiger partial charge in [-0.25, -0.2) is 14.8 Å². The topological polar surface area (TPSA) is 81.5 Å². The van der Waals surface area contributed by atoms with Gasteiger partial charge in [0.2, 0.25) is 5.60 Å². The summed E-state index contributed by atoms with van der Waals surface area (Å²) in [7, 11) is 0. The highest BCUT2D eigenvalue weighted by atomic mass is 16.8. The molecule has 1 atom stereocenters. The molecule has 0 saturated carbocycles. The van der Waals surface area contributed by atoms with Crippen molar-refractivity contribution < 1.29 is 19.4 Å². The van der Waals surface area contributed by atoms with Gasteiger partial charge in [-0.2, -0.15) is 0 Å². The lowest BCUT2D eigenvalue weighted by atomic mass is 9.93. The summed E-state index contributed by atoms with van der Waals surface area (Å²) in [6, 6.07) is 7.19. The van der Waals surface area contributed by atoms with Crippen LogP contribution in [-0.2, 0) is 26.3 Å². The molecule has 3 rings (SSSR count). The molecule has 1 saturated heterocycles. The maximum Gasteiger partial charge on any atom is 0.343 e. The highest BCUT2D eigenvalue weighted by Gasteiger charge is 2.52. The normalized spacial score (nSPS) is 19.6. The van der Waals surface area contributed by atoms with E-state index in [-0.39, 0.29) is 6.61 Å². The van der Waals surface area contributed by atoms with E-state index < -0.39 is 17.4 Å². The Kier molecular flexibility index (Phi) is 8.98. The van der Waals surface area contributed by atoms with Crippen LogP contribution in [0.15, 0.2) is 36.7 Å². The Morgan fingerprint density at radius 3 is 2.03 bits per heavy atom. The minimum Gasteiger partial charge on any atom is -0.479 e. The van der Waals surface area contributed by atoms with Gasteiger partial charge in [0.1, 0.15) is 0 Å². The van der Waals surface area contributed by atoms with Crippen LogP contribution in [0.4, 0.5) is 0 Å². The maximum atomic E-state index is 12.0. The molecule has 1 aromatic heterocycles. The summed E-state index contributed by atoms with van der Waals surface area (Å²) in [6.45, 7) is 5.66. The number of hydrogen-bond donors (Lipinski definition) is 1. The van der Waals surface area contributed by atoms with Crippen LogP contribution in [0.1, 0.15) is 89.7 Å². The molecule has 1 aliphatic rings. The van der Waals surface area contributed by atoms with E-state index in [9.17, 15) is 9.90 Å². The zero-order valence-electron chi connectivity index (χ0n) is 20.3. The molecule has 180 valence electrons. The van der Waals surface area contributed by atoms with Crippen molar-refractivity contribution in [1.82, 2.24) is 9.97 Å². The highest BCUT2D eigenvalue weighted by molar-refractivity contribution is 5.80. The van der Waals surface area contributed by atoms with E-state index in [2.05, 4.69) is 16.9 Å². The summed E-state index contributed by atoms with van der Waals surface area (Å²) < 4.78 is 11.3. The molecule has 2 heterocycles. The Morgan fingerprint density at radius 1 is 0.939 bits per heavy atom. The number of carboxylic acids is 1. The smallest absolute Gasteiger partial charge is 0.343 e. The van der Waals surface area contributed by atoms with E-state index in [0.717, 1.165) is 17.5 Å². The molecule has 0 aliphatic carbocycles. The highest BCUT2D eigenvalue weighted by Crippen LogP contribution is 2.39. The average molecular weight is 455 g/mol. The van der Waals surface area contributed by atoms with Crippen molar-refractivity contribution in [2.24, 2.45) is 0 Å². The number of aliphatic carboxylic acids is 1. The number of aryl methyl sites for hydroxylation is 1. The van der Waals surface area contributed by atoms with Gasteiger partial charge in [-0.15, -0.1) is 0 Å². The van der Waals surface area contributed by atoms with Crippen molar-refractivity contribution in [3.63, 3.8) is 0 Å². The van der Waals surface area contributed by atoms with E-state index in [4.69, 9.17) is 9.47 Å². The number of aromatic nitrogens is 2. The Morgan fingerprint density at radius 2 is 1.52 bits per heavy atom. The summed E-state index contributed by atoms with van der Waals surface area (Å²) in [6.07, 6.45) is 16.7. The van der Waals surface area contributed by atoms with Crippen LogP contribution in [0.2, 0.25) is 0 Å². The largest absolute Gasteiger partial charge is 0.479 e. The molecule has 0 radical (unpaired) electrons. The molecule has 0 bridgehead atoms. The number of ether oxygens (including phenoxy) is 2. The lowest BCUT2D eigenvalue weighted by Crippen LogP contribution is -2.39. The van der Waals surface area contributed by atoms with Crippen LogP contribution < -0.4 is 0 Å². The van der Waals surface area contributed by atoms with Gasteiger partial charge in [-0.3, -0.25) is 0 Å². The molecule has 6 nitrogen and oxygen atoms in total. The van der Waals surface area contributed by atoms with Crippen molar-refractivity contribution in [1.29, 1.82) is 0 Å². The first-order valence-corrected chi connectivity index (χ1v) is 12.4. The molecular formula is C27H38N2O4. The molecule has 2 aromatic rings. The molecule has 0 unspecified atom stereocenters. The lowest BCUT2D eigenvalue weighted by molar-refractivity contribution is -0.187. The van der Waals surface area contributed by atoms with Gasteiger partial charge in [0.15, 0.2) is 11.6 Å². The van der Waals surface area contributed by atoms with Crippen molar-refractivity contribution >= 4 is 5.97 Å². The van der Waals surface area contributed by atoms with Crippen LogP contribution in [0.25, 0.3) is 11.4 Å². The van der Waals surface area contributed by atoms with Gasteiger partial charge in [0.25, 0.3) is 0 Å².